The maximum Gasteiger partial charge on any atom is 0.0594 e. The molecule has 1 aromatic carbocycles. The lowest BCUT2D eigenvalue weighted by molar-refractivity contribution is 0.0342. The molecule has 0 amide bonds. The van der Waals surface area contributed by atoms with Gasteiger partial charge in [-0.15, -0.1) is 0 Å². The second-order valence-electron chi connectivity index (χ2n) is 7.87. The van der Waals surface area contributed by atoms with Gasteiger partial charge in [0, 0.05) is 44.5 Å². The summed E-state index contributed by atoms with van der Waals surface area (Å²) >= 11 is 0. The van der Waals surface area contributed by atoms with E-state index in [1.807, 2.05) is 0 Å². The molecule has 25 heavy (non-hydrogen) atoms. The first-order valence-electron chi connectivity index (χ1n) is 10.3. The molecule has 3 saturated heterocycles. The predicted molar refractivity (Wildman–Crippen MR) is 103 cm³/mol. The van der Waals surface area contributed by atoms with E-state index in [4.69, 9.17) is 4.74 Å². The fraction of sp³-hybridized carbons (Fsp3) is 0.714. The largest absolute Gasteiger partial charge is 0.379 e. The second-order valence-corrected chi connectivity index (χ2v) is 7.87. The first-order chi connectivity index (χ1) is 12.4. The Labute approximate surface area is 152 Å². The first-order valence-corrected chi connectivity index (χ1v) is 10.3. The van der Waals surface area contributed by atoms with Crippen molar-refractivity contribution in [1.29, 1.82) is 0 Å². The molecule has 4 rings (SSSR count). The lowest BCUT2D eigenvalue weighted by Gasteiger charge is -2.41. The number of morpholine rings is 1. The van der Waals surface area contributed by atoms with Gasteiger partial charge in [-0.25, -0.2) is 0 Å². The fourth-order valence-electron chi connectivity index (χ4n) is 4.60. The molecule has 4 heteroatoms. The highest BCUT2D eigenvalue weighted by molar-refractivity contribution is 5.48. The number of hydrogen-bond acceptors (Lipinski definition) is 4. The maximum atomic E-state index is 5.44. The van der Waals surface area contributed by atoms with Crippen molar-refractivity contribution in [3.63, 3.8) is 0 Å². The molecule has 0 radical (unpaired) electrons. The standard InChI is InChI=1S/C21H33N3O/c1-2-10-23(11-3-1)21-8-12-24(13-9-21)20-6-4-19(5-7-20)18-22-14-16-25-17-15-22/h4-7,21H,1-3,8-18H2. The third-order valence-corrected chi connectivity index (χ3v) is 6.18. The number of ether oxygens (including phenoxy) is 1. The highest BCUT2D eigenvalue weighted by Gasteiger charge is 2.25. The van der Waals surface area contributed by atoms with Gasteiger partial charge in [0.2, 0.25) is 0 Å². The van der Waals surface area contributed by atoms with Crippen molar-refractivity contribution < 1.29 is 4.74 Å². The number of piperidine rings is 2. The van der Waals surface area contributed by atoms with E-state index >= 15 is 0 Å². The summed E-state index contributed by atoms with van der Waals surface area (Å²) in [6.07, 6.45) is 6.91. The fourth-order valence-corrected chi connectivity index (χ4v) is 4.60. The molecule has 3 aliphatic rings. The summed E-state index contributed by atoms with van der Waals surface area (Å²) in [5.74, 6) is 0. The molecular formula is C21H33N3O. The van der Waals surface area contributed by atoms with Crippen LogP contribution in [0.5, 0.6) is 0 Å². The third kappa shape index (κ3) is 4.55. The van der Waals surface area contributed by atoms with E-state index in [2.05, 4.69) is 39.0 Å². The molecule has 4 nitrogen and oxygen atoms in total. The van der Waals surface area contributed by atoms with Gasteiger partial charge < -0.3 is 14.5 Å². The van der Waals surface area contributed by atoms with Crippen LogP contribution in [0.25, 0.3) is 0 Å². The predicted octanol–water partition coefficient (Wildman–Crippen LogP) is 2.97. The number of hydrogen-bond donors (Lipinski definition) is 0. The summed E-state index contributed by atoms with van der Waals surface area (Å²) in [5, 5.41) is 0. The Morgan fingerprint density at radius 1 is 0.800 bits per heavy atom. The van der Waals surface area contributed by atoms with E-state index in [1.165, 1.54) is 69.5 Å². The maximum absolute atomic E-state index is 5.44. The topological polar surface area (TPSA) is 19.0 Å². The molecule has 0 N–H and O–H groups in total. The lowest BCUT2D eigenvalue weighted by atomic mass is 9.99. The van der Waals surface area contributed by atoms with E-state index in [0.717, 1.165) is 38.9 Å². The SMILES string of the molecule is c1cc(N2CCC(N3CCCCC3)CC2)ccc1CN1CCOCC1. The van der Waals surface area contributed by atoms with Crippen LogP contribution in [0.2, 0.25) is 0 Å². The van der Waals surface area contributed by atoms with Crippen molar-refractivity contribution in [2.75, 3.05) is 57.4 Å². The van der Waals surface area contributed by atoms with E-state index in [1.54, 1.807) is 0 Å². The van der Waals surface area contributed by atoms with Gasteiger partial charge >= 0.3 is 0 Å². The van der Waals surface area contributed by atoms with E-state index in [9.17, 15) is 0 Å². The van der Waals surface area contributed by atoms with Crippen LogP contribution >= 0.6 is 0 Å². The number of likely N-dealkylation sites (tertiary alicyclic amines) is 1. The summed E-state index contributed by atoms with van der Waals surface area (Å²) in [6, 6.07) is 10.1. The summed E-state index contributed by atoms with van der Waals surface area (Å²) in [4.78, 5) is 7.83. The Balaban J connectivity index is 1.27. The molecule has 0 saturated carbocycles. The van der Waals surface area contributed by atoms with Crippen LogP contribution in [-0.4, -0.2) is 68.3 Å². The quantitative estimate of drug-likeness (QED) is 0.836. The highest BCUT2D eigenvalue weighted by atomic mass is 16.5. The molecule has 0 unspecified atom stereocenters. The van der Waals surface area contributed by atoms with Crippen LogP contribution in [0, 0.1) is 0 Å². The smallest absolute Gasteiger partial charge is 0.0594 e. The molecule has 0 aromatic heterocycles. The van der Waals surface area contributed by atoms with Crippen LogP contribution < -0.4 is 4.90 Å². The molecule has 138 valence electrons. The summed E-state index contributed by atoms with van der Waals surface area (Å²) < 4.78 is 5.44. The van der Waals surface area contributed by atoms with Gasteiger partial charge in [0.05, 0.1) is 13.2 Å². The van der Waals surface area contributed by atoms with Gasteiger partial charge in [-0.1, -0.05) is 18.6 Å². The van der Waals surface area contributed by atoms with Gasteiger partial charge in [-0.05, 0) is 56.5 Å². The minimum atomic E-state index is 0.831. The molecular weight excluding hydrogens is 310 g/mol. The number of nitrogens with zero attached hydrogens (tertiary/aromatic N) is 3. The lowest BCUT2D eigenvalue weighted by Crippen LogP contribution is -2.46. The van der Waals surface area contributed by atoms with Gasteiger partial charge in [-0.2, -0.15) is 0 Å². The van der Waals surface area contributed by atoms with Gasteiger partial charge in [0.15, 0.2) is 0 Å². The Morgan fingerprint density at radius 2 is 1.48 bits per heavy atom. The van der Waals surface area contributed by atoms with Crippen LogP contribution in [0.1, 0.15) is 37.7 Å². The third-order valence-electron chi connectivity index (χ3n) is 6.18. The number of anilines is 1. The number of rotatable bonds is 4. The minimum absolute atomic E-state index is 0.831. The van der Waals surface area contributed by atoms with Gasteiger partial charge in [0.1, 0.15) is 0 Å². The van der Waals surface area contributed by atoms with E-state index in [0.29, 0.717) is 0 Å². The molecule has 0 atom stereocenters. The zero-order chi connectivity index (χ0) is 16.9. The first kappa shape index (κ1) is 17.3. The van der Waals surface area contributed by atoms with Crippen molar-refractivity contribution in [2.24, 2.45) is 0 Å². The molecule has 0 bridgehead atoms. The van der Waals surface area contributed by atoms with Gasteiger partial charge in [-0.3, -0.25) is 4.90 Å². The van der Waals surface area contributed by atoms with Crippen LogP contribution in [0.4, 0.5) is 5.69 Å². The van der Waals surface area contributed by atoms with Crippen LogP contribution in [0.15, 0.2) is 24.3 Å². The molecule has 1 aromatic rings. The monoisotopic (exact) mass is 343 g/mol. The molecule has 3 fully saturated rings. The van der Waals surface area contributed by atoms with E-state index in [-0.39, 0.29) is 0 Å². The summed E-state index contributed by atoms with van der Waals surface area (Å²) in [5.41, 5.74) is 2.83. The average molecular weight is 344 g/mol. The zero-order valence-electron chi connectivity index (χ0n) is 15.5. The van der Waals surface area contributed by atoms with Crippen molar-refractivity contribution >= 4 is 5.69 Å². The summed E-state index contributed by atoms with van der Waals surface area (Å²) in [7, 11) is 0. The van der Waals surface area contributed by atoms with Crippen molar-refractivity contribution in [2.45, 2.75) is 44.7 Å². The van der Waals surface area contributed by atoms with E-state index < -0.39 is 0 Å². The average Bonchev–Trinajstić information content (AvgIpc) is 2.70. The molecule has 0 aliphatic carbocycles. The van der Waals surface area contributed by atoms with Crippen LogP contribution in [-0.2, 0) is 11.3 Å². The highest BCUT2D eigenvalue weighted by Crippen LogP contribution is 2.25. The molecule has 3 aliphatic heterocycles. The Bertz CT molecular complexity index is 512. The Morgan fingerprint density at radius 3 is 2.16 bits per heavy atom. The Hall–Kier alpha value is -1.10. The second kappa shape index (κ2) is 8.52. The Kier molecular flexibility index (Phi) is 5.90. The minimum Gasteiger partial charge on any atom is -0.379 e. The molecule has 0 spiro atoms. The van der Waals surface area contributed by atoms with Crippen molar-refractivity contribution in [1.82, 2.24) is 9.80 Å². The van der Waals surface area contributed by atoms with Crippen molar-refractivity contribution in [3.8, 4) is 0 Å². The van der Waals surface area contributed by atoms with Crippen LogP contribution in [0.3, 0.4) is 0 Å². The van der Waals surface area contributed by atoms with Gasteiger partial charge in [0.25, 0.3) is 0 Å². The summed E-state index contributed by atoms with van der Waals surface area (Å²) in [6.45, 7) is 10.0. The zero-order valence-corrected chi connectivity index (χ0v) is 15.5. The number of benzene rings is 1. The van der Waals surface area contributed by atoms with Crippen molar-refractivity contribution in [3.05, 3.63) is 29.8 Å². The normalized spacial score (nSPS) is 24.6. The molecule has 3 heterocycles.